The Morgan fingerprint density at radius 1 is 1.00 bits per heavy atom. The molecular weight excluding hydrogens is 400 g/mol. The summed E-state index contributed by atoms with van der Waals surface area (Å²) < 4.78 is 0. The van der Waals surface area contributed by atoms with Gasteiger partial charge in [-0.05, 0) is 41.1 Å². The first-order chi connectivity index (χ1) is 13.1. The smallest absolute Gasteiger partial charge is 0.255 e. The Morgan fingerprint density at radius 2 is 1.67 bits per heavy atom. The maximum Gasteiger partial charge on any atom is 0.255 e. The number of halogens is 1. The molecule has 0 radical (unpaired) electrons. The first-order valence-corrected chi connectivity index (χ1v) is 10.4. The lowest BCUT2D eigenvalue weighted by atomic mass is 10.1. The topological polar surface area (TPSA) is 53.2 Å². The van der Waals surface area contributed by atoms with Crippen molar-refractivity contribution in [2.24, 2.45) is 0 Å². The number of H-pyrrole nitrogens is 1. The summed E-state index contributed by atoms with van der Waals surface area (Å²) >= 11 is 9.34. The molecule has 0 unspecified atom stereocenters. The van der Waals surface area contributed by atoms with Gasteiger partial charge in [0.2, 0.25) is 5.56 Å². The normalized spacial score (nSPS) is 11.0. The Morgan fingerprint density at radius 3 is 2.26 bits per heavy atom. The van der Waals surface area contributed by atoms with Crippen molar-refractivity contribution in [2.75, 3.05) is 0 Å². The predicted octanol–water partition coefficient (Wildman–Crippen LogP) is 5.15. The first-order valence-electron chi connectivity index (χ1n) is 8.27. The fraction of sp³-hybridized carbons (Fsp3) is 0.100. The number of aromatic amines is 1. The molecule has 1 N–H and O–H groups in total. The fourth-order valence-corrected chi connectivity index (χ4v) is 4.57. The Hall–Kier alpha value is -2.41. The van der Waals surface area contributed by atoms with Crippen LogP contribution in [0.3, 0.4) is 0 Å². The van der Waals surface area contributed by atoms with Gasteiger partial charge in [0.25, 0.3) is 5.91 Å². The van der Waals surface area contributed by atoms with E-state index < -0.39 is 0 Å². The van der Waals surface area contributed by atoms with Crippen LogP contribution >= 0.6 is 34.3 Å². The first kappa shape index (κ1) is 18.0. The number of thiophene rings is 2. The Bertz CT molecular complexity index is 1100. The number of hydrogen-bond donors (Lipinski definition) is 1. The van der Waals surface area contributed by atoms with Crippen molar-refractivity contribution in [1.82, 2.24) is 9.88 Å². The highest BCUT2D eigenvalue weighted by Gasteiger charge is 2.21. The molecule has 27 heavy (non-hydrogen) atoms. The van der Waals surface area contributed by atoms with Crippen molar-refractivity contribution in [2.45, 2.75) is 13.1 Å². The summed E-state index contributed by atoms with van der Waals surface area (Å²) in [4.78, 5) is 32.2. The van der Waals surface area contributed by atoms with E-state index in [1.165, 1.54) is 6.07 Å². The molecule has 0 bridgehead atoms. The highest BCUT2D eigenvalue weighted by atomic mass is 35.5. The average molecular weight is 415 g/mol. The second-order valence-corrected chi connectivity index (χ2v) is 8.56. The van der Waals surface area contributed by atoms with Crippen molar-refractivity contribution in [1.29, 1.82) is 0 Å². The van der Waals surface area contributed by atoms with Crippen molar-refractivity contribution < 1.29 is 4.79 Å². The van der Waals surface area contributed by atoms with Gasteiger partial charge in [-0.3, -0.25) is 9.59 Å². The van der Waals surface area contributed by atoms with Crippen molar-refractivity contribution >= 4 is 51.1 Å². The Labute approximate surface area is 168 Å². The third kappa shape index (κ3) is 3.98. The highest BCUT2D eigenvalue weighted by molar-refractivity contribution is 7.10. The van der Waals surface area contributed by atoms with Gasteiger partial charge < -0.3 is 9.88 Å². The van der Waals surface area contributed by atoms with Gasteiger partial charge in [-0.15, -0.1) is 22.7 Å². The van der Waals surface area contributed by atoms with Crippen LogP contribution in [0, 0.1) is 0 Å². The summed E-state index contributed by atoms with van der Waals surface area (Å²) in [5, 5.41) is 5.15. The van der Waals surface area contributed by atoms with Gasteiger partial charge in [-0.2, -0.15) is 0 Å². The van der Waals surface area contributed by atoms with E-state index in [0.717, 1.165) is 9.75 Å². The lowest BCUT2D eigenvalue weighted by Crippen LogP contribution is -2.30. The largest absolute Gasteiger partial charge is 0.328 e. The summed E-state index contributed by atoms with van der Waals surface area (Å²) in [6.45, 7) is 0.979. The standard InChI is InChI=1S/C20H15ClN2O2S2/c21-13-5-6-18-16(9-13)17(10-19(24)22-18)20(25)23(11-14-3-1-7-26-14)12-15-4-2-8-27-15/h1-10H,11-12H2,(H,22,24). The molecule has 0 atom stereocenters. The number of aromatic nitrogens is 1. The van der Waals surface area contributed by atoms with E-state index in [9.17, 15) is 9.59 Å². The number of carbonyl (C=O) groups excluding carboxylic acids is 1. The van der Waals surface area contributed by atoms with Crippen LogP contribution < -0.4 is 5.56 Å². The van der Waals surface area contributed by atoms with Crippen molar-refractivity contribution in [3.8, 4) is 0 Å². The van der Waals surface area contributed by atoms with Crippen LogP contribution in [0.15, 0.2) is 64.1 Å². The summed E-state index contributed by atoms with van der Waals surface area (Å²) in [5.74, 6) is -0.185. The lowest BCUT2D eigenvalue weighted by Gasteiger charge is -2.22. The molecule has 4 nitrogen and oxygen atoms in total. The predicted molar refractivity (Wildman–Crippen MR) is 112 cm³/mol. The van der Waals surface area contributed by atoms with Crippen molar-refractivity contribution in [3.05, 3.63) is 90.0 Å². The van der Waals surface area contributed by atoms with Crippen LogP contribution in [-0.4, -0.2) is 15.8 Å². The monoisotopic (exact) mass is 414 g/mol. The zero-order valence-electron chi connectivity index (χ0n) is 14.1. The lowest BCUT2D eigenvalue weighted by molar-refractivity contribution is 0.0735. The number of pyridine rings is 1. The molecule has 0 aliphatic carbocycles. The van der Waals surface area contributed by atoms with E-state index in [2.05, 4.69) is 4.98 Å². The van der Waals surface area contributed by atoms with E-state index in [4.69, 9.17) is 11.6 Å². The van der Waals surface area contributed by atoms with Crippen LogP contribution in [0.2, 0.25) is 5.02 Å². The molecule has 0 fully saturated rings. The molecule has 1 amide bonds. The minimum Gasteiger partial charge on any atom is -0.328 e. The molecule has 3 aromatic heterocycles. The molecule has 7 heteroatoms. The SMILES string of the molecule is O=C(c1cc(=O)[nH]c2ccc(Cl)cc12)N(Cc1cccs1)Cc1cccs1. The average Bonchev–Trinajstić information content (AvgIpc) is 3.34. The molecular formula is C20H15ClN2O2S2. The molecule has 4 aromatic rings. The van der Waals surface area contributed by atoms with Gasteiger partial charge in [-0.25, -0.2) is 0 Å². The minimum absolute atomic E-state index is 0.185. The maximum absolute atomic E-state index is 13.4. The zero-order valence-corrected chi connectivity index (χ0v) is 16.5. The molecule has 0 aliphatic heterocycles. The minimum atomic E-state index is -0.305. The van der Waals surface area contributed by atoms with Gasteiger partial charge >= 0.3 is 0 Å². The zero-order chi connectivity index (χ0) is 18.8. The van der Waals surface area contributed by atoms with E-state index in [-0.39, 0.29) is 11.5 Å². The third-order valence-electron chi connectivity index (χ3n) is 4.18. The van der Waals surface area contributed by atoms with Crippen LogP contribution in [0.5, 0.6) is 0 Å². The molecule has 4 rings (SSSR count). The van der Waals surface area contributed by atoms with Crippen LogP contribution in [0.4, 0.5) is 0 Å². The number of rotatable bonds is 5. The number of amides is 1. The summed E-state index contributed by atoms with van der Waals surface area (Å²) in [6, 6.07) is 14.4. The summed E-state index contributed by atoms with van der Waals surface area (Å²) in [5.41, 5.74) is 0.659. The maximum atomic E-state index is 13.4. The molecule has 3 heterocycles. The summed E-state index contributed by atoms with van der Waals surface area (Å²) in [7, 11) is 0. The fourth-order valence-electron chi connectivity index (χ4n) is 2.95. The van der Waals surface area contributed by atoms with Gasteiger partial charge in [0.15, 0.2) is 0 Å². The number of benzene rings is 1. The molecule has 1 aromatic carbocycles. The van der Waals surface area contributed by atoms with Crippen LogP contribution in [-0.2, 0) is 13.1 Å². The van der Waals surface area contributed by atoms with E-state index in [0.29, 0.717) is 34.6 Å². The number of carbonyl (C=O) groups is 1. The van der Waals surface area contributed by atoms with E-state index >= 15 is 0 Å². The summed E-state index contributed by atoms with van der Waals surface area (Å²) in [6.07, 6.45) is 0. The number of nitrogens with zero attached hydrogens (tertiary/aromatic N) is 1. The number of fused-ring (bicyclic) bond motifs is 1. The number of hydrogen-bond acceptors (Lipinski definition) is 4. The van der Waals surface area contributed by atoms with Gasteiger partial charge in [0.1, 0.15) is 0 Å². The Balaban J connectivity index is 1.77. The van der Waals surface area contributed by atoms with Crippen LogP contribution in [0.25, 0.3) is 10.9 Å². The second kappa shape index (κ2) is 7.68. The van der Waals surface area contributed by atoms with Gasteiger partial charge in [-0.1, -0.05) is 23.7 Å². The van der Waals surface area contributed by atoms with Crippen LogP contribution in [0.1, 0.15) is 20.1 Å². The highest BCUT2D eigenvalue weighted by Crippen LogP contribution is 2.24. The second-order valence-electron chi connectivity index (χ2n) is 6.06. The quantitative estimate of drug-likeness (QED) is 0.491. The number of nitrogens with one attached hydrogen (secondary N) is 1. The molecule has 0 saturated heterocycles. The molecule has 0 spiro atoms. The molecule has 0 aliphatic rings. The van der Waals surface area contributed by atoms with E-state index in [1.54, 1.807) is 45.8 Å². The van der Waals surface area contributed by atoms with Gasteiger partial charge in [0, 0.05) is 31.7 Å². The van der Waals surface area contributed by atoms with E-state index in [1.807, 2.05) is 35.0 Å². The Kier molecular flexibility index (Phi) is 5.11. The van der Waals surface area contributed by atoms with Crippen molar-refractivity contribution in [3.63, 3.8) is 0 Å². The molecule has 136 valence electrons. The third-order valence-corrected chi connectivity index (χ3v) is 6.13. The van der Waals surface area contributed by atoms with Gasteiger partial charge in [0.05, 0.1) is 18.7 Å². The molecule has 0 saturated carbocycles.